The number of H-pyrrole nitrogens is 1. The van der Waals surface area contributed by atoms with Gasteiger partial charge in [0.2, 0.25) is 10.0 Å². The molecule has 0 aliphatic carbocycles. The number of nitrogens with zero attached hydrogens (tertiary/aromatic N) is 1. The van der Waals surface area contributed by atoms with Crippen LogP contribution >= 0.6 is 0 Å². The van der Waals surface area contributed by atoms with E-state index in [-0.39, 0.29) is 35.6 Å². The lowest BCUT2D eigenvalue weighted by Gasteiger charge is -2.22. The Morgan fingerprint density at radius 1 is 1.02 bits per heavy atom. The van der Waals surface area contributed by atoms with E-state index in [4.69, 9.17) is 0 Å². The third-order valence-electron chi connectivity index (χ3n) is 7.47. The molecule has 1 unspecified atom stereocenters. The Morgan fingerprint density at radius 2 is 1.73 bits per heavy atom. The van der Waals surface area contributed by atoms with E-state index in [1.165, 1.54) is 4.57 Å². The number of aromatic amines is 1. The number of aromatic nitrogens is 2. The van der Waals surface area contributed by atoms with Crippen molar-refractivity contribution in [3.05, 3.63) is 111 Å². The molecule has 3 N–H and O–H groups in total. The van der Waals surface area contributed by atoms with Crippen LogP contribution < -0.4 is 10.3 Å². The van der Waals surface area contributed by atoms with Crippen molar-refractivity contribution in [2.75, 3.05) is 12.3 Å². The quantitative estimate of drug-likeness (QED) is 0.205. The summed E-state index contributed by atoms with van der Waals surface area (Å²) < 4.78 is 59.1. The summed E-state index contributed by atoms with van der Waals surface area (Å²) in [6, 6.07) is 17.1. The smallest absolute Gasteiger partial charge is 0.258 e. The van der Waals surface area contributed by atoms with Crippen LogP contribution in [0.25, 0.3) is 21.8 Å². The number of aromatic hydroxyl groups is 1. The van der Waals surface area contributed by atoms with E-state index in [2.05, 4.69) is 9.71 Å². The number of fused-ring (bicyclic) bond motifs is 2. The van der Waals surface area contributed by atoms with Gasteiger partial charge < -0.3 is 14.7 Å². The van der Waals surface area contributed by atoms with Crippen molar-refractivity contribution < 1.29 is 22.3 Å². The first-order valence-corrected chi connectivity index (χ1v) is 15.1. The molecule has 1 atom stereocenters. The first-order chi connectivity index (χ1) is 19.6. The highest BCUT2D eigenvalue weighted by Crippen LogP contribution is 2.42. The molecule has 0 saturated heterocycles. The maximum atomic E-state index is 15.5. The lowest BCUT2D eigenvalue weighted by Crippen LogP contribution is -2.29. The van der Waals surface area contributed by atoms with Gasteiger partial charge >= 0.3 is 0 Å². The van der Waals surface area contributed by atoms with Crippen molar-refractivity contribution >= 4 is 31.8 Å². The number of unbranched alkanes of at least 4 members (excludes halogenated alkanes) is 1. The average Bonchev–Trinajstić information content (AvgIpc) is 3.32. The van der Waals surface area contributed by atoms with Crippen molar-refractivity contribution in [2.45, 2.75) is 32.1 Å². The molecule has 0 saturated carbocycles. The van der Waals surface area contributed by atoms with Crippen molar-refractivity contribution in [1.29, 1.82) is 0 Å². The average molecular weight is 580 g/mol. The van der Waals surface area contributed by atoms with Crippen LogP contribution in [-0.4, -0.2) is 35.4 Å². The molecular formula is C31H31F2N3O4S. The molecule has 0 aliphatic rings. The Hall–Kier alpha value is -4.02. The van der Waals surface area contributed by atoms with Gasteiger partial charge in [-0.1, -0.05) is 43.7 Å². The van der Waals surface area contributed by atoms with Gasteiger partial charge in [-0.15, -0.1) is 0 Å². The van der Waals surface area contributed by atoms with Gasteiger partial charge in [0.15, 0.2) is 0 Å². The molecule has 2 aromatic heterocycles. The summed E-state index contributed by atoms with van der Waals surface area (Å²) in [4.78, 5) is 17.1. The molecule has 0 aliphatic heterocycles. The van der Waals surface area contributed by atoms with Crippen LogP contribution in [0.1, 0.15) is 48.1 Å². The maximum Gasteiger partial charge on any atom is 0.258 e. The van der Waals surface area contributed by atoms with Crippen LogP contribution in [0, 0.1) is 11.6 Å². The number of hydrogen-bond acceptors (Lipinski definition) is 4. The monoisotopic (exact) mass is 579 g/mol. The zero-order valence-corrected chi connectivity index (χ0v) is 23.6. The molecule has 0 spiro atoms. The van der Waals surface area contributed by atoms with Crippen LogP contribution in [0.3, 0.4) is 0 Å². The molecule has 10 heteroatoms. The first kappa shape index (κ1) is 28.5. The summed E-state index contributed by atoms with van der Waals surface area (Å²) in [6.45, 7) is 1.97. The van der Waals surface area contributed by atoms with Crippen LogP contribution in [-0.2, 0) is 23.5 Å². The van der Waals surface area contributed by atoms with E-state index in [1.807, 2.05) is 31.2 Å². The lowest BCUT2D eigenvalue weighted by molar-refractivity contribution is 0.468. The predicted octanol–water partition coefficient (Wildman–Crippen LogP) is 5.45. The van der Waals surface area contributed by atoms with Gasteiger partial charge in [0.25, 0.3) is 5.56 Å². The Balaban J connectivity index is 1.75. The van der Waals surface area contributed by atoms with E-state index in [0.717, 1.165) is 30.0 Å². The summed E-state index contributed by atoms with van der Waals surface area (Å²) in [5.74, 6) is -3.02. The number of pyridine rings is 1. The van der Waals surface area contributed by atoms with E-state index < -0.39 is 33.1 Å². The minimum Gasteiger partial charge on any atom is -0.507 e. The second-order valence-electron chi connectivity index (χ2n) is 10.1. The van der Waals surface area contributed by atoms with Crippen molar-refractivity contribution in [1.82, 2.24) is 14.3 Å². The fourth-order valence-electron chi connectivity index (χ4n) is 5.43. The molecule has 41 heavy (non-hydrogen) atoms. The predicted molar refractivity (Wildman–Crippen MR) is 157 cm³/mol. The molecule has 7 nitrogen and oxygen atoms in total. The van der Waals surface area contributed by atoms with Gasteiger partial charge in [0.05, 0.1) is 22.8 Å². The summed E-state index contributed by atoms with van der Waals surface area (Å²) in [7, 11) is -1.95. The van der Waals surface area contributed by atoms with E-state index >= 15 is 4.39 Å². The Morgan fingerprint density at radius 3 is 2.49 bits per heavy atom. The Bertz CT molecular complexity index is 1910. The molecular weight excluding hydrogens is 548 g/mol. The summed E-state index contributed by atoms with van der Waals surface area (Å²) >= 11 is 0. The first-order valence-electron chi connectivity index (χ1n) is 13.4. The topological polar surface area (TPSA) is 104 Å². The van der Waals surface area contributed by atoms with Gasteiger partial charge in [0.1, 0.15) is 17.4 Å². The molecule has 0 amide bonds. The number of para-hydroxylation sites is 2. The number of hydrogen-bond donors (Lipinski definition) is 3. The second-order valence-corrected chi connectivity index (χ2v) is 12.0. The van der Waals surface area contributed by atoms with Crippen molar-refractivity contribution in [3.63, 3.8) is 0 Å². The third kappa shape index (κ3) is 5.49. The van der Waals surface area contributed by atoms with E-state index in [0.29, 0.717) is 34.1 Å². The highest BCUT2D eigenvalue weighted by atomic mass is 32.2. The highest BCUT2D eigenvalue weighted by Gasteiger charge is 2.32. The van der Waals surface area contributed by atoms with Gasteiger partial charge in [0, 0.05) is 41.1 Å². The normalized spacial score (nSPS) is 12.8. The second kappa shape index (κ2) is 11.5. The van der Waals surface area contributed by atoms with Gasteiger partial charge in [-0.2, -0.15) is 0 Å². The van der Waals surface area contributed by atoms with Crippen LogP contribution in [0.2, 0.25) is 0 Å². The molecule has 5 aromatic rings. The fourth-order valence-corrected chi connectivity index (χ4v) is 6.65. The van der Waals surface area contributed by atoms with Crippen LogP contribution in [0.4, 0.5) is 8.78 Å². The molecule has 2 heterocycles. The highest BCUT2D eigenvalue weighted by molar-refractivity contribution is 7.89. The number of halogens is 2. The maximum absolute atomic E-state index is 15.5. The number of nitrogens with one attached hydrogen (secondary N) is 2. The molecule has 3 aromatic carbocycles. The molecule has 0 bridgehead atoms. The van der Waals surface area contributed by atoms with Crippen molar-refractivity contribution in [2.24, 2.45) is 7.05 Å². The van der Waals surface area contributed by atoms with Gasteiger partial charge in [-0.3, -0.25) is 4.79 Å². The van der Waals surface area contributed by atoms with Crippen molar-refractivity contribution in [3.8, 4) is 5.75 Å². The number of benzene rings is 3. The lowest BCUT2D eigenvalue weighted by atomic mass is 9.84. The number of sulfonamides is 1. The minimum absolute atomic E-state index is 0.00236. The molecule has 5 rings (SSSR count). The molecule has 0 fully saturated rings. The summed E-state index contributed by atoms with van der Waals surface area (Å²) in [6.07, 6.45) is 1.46. The molecule has 0 radical (unpaired) electrons. The zero-order chi connectivity index (χ0) is 29.3. The third-order valence-corrected chi connectivity index (χ3v) is 8.94. The molecule has 214 valence electrons. The van der Waals surface area contributed by atoms with Crippen LogP contribution in [0.5, 0.6) is 5.75 Å². The minimum atomic E-state index is -3.51. The van der Waals surface area contributed by atoms with E-state index in [1.54, 1.807) is 31.3 Å². The summed E-state index contributed by atoms with van der Waals surface area (Å²) in [5.41, 5.74) is 1.32. The Labute approximate surface area is 236 Å². The van der Waals surface area contributed by atoms with Crippen LogP contribution in [0.15, 0.2) is 71.5 Å². The summed E-state index contributed by atoms with van der Waals surface area (Å²) in [5, 5.41) is 12.6. The van der Waals surface area contributed by atoms with Gasteiger partial charge in [-0.25, -0.2) is 21.9 Å². The SMILES string of the molecule is CCCCS(=O)(=O)NCCc1c(C(c2cc(F)ccc2F)c2c(O)c3ccccc3n(C)c2=O)[nH]c2ccccc12. The zero-order valence-electron chi connectivity index (χ0n) is 22.7. The number of aryl methyl sites for hydroxylation is 1. The largest absolute Gasteiger partial charge is 0.507 e. The number of rotatable bonds is 10. The van der Waals surface area contributed by atoms with E-state index in [9.17, 15) is 22.7 Å². The standard InChI is InChI=1S/C31H31F2N3O4S/c1-3-4-17-41(39,40)34-16-15-21-20-9-5-7-11-25(20)35-29(21)27(23-18-19(32)13-14-24(23)33)28-30(37)22-10-6-8-12-26(22)36(2)31(28)38/h5-14,18,27,34-35,37H,3-4,15-17H2,1-2H3. The fraction of sp³-hybridized carbons (Fsp3) is 0.258. The Kier molecular flexibility index (Phi) is 7.97. The van der Waals surface area contributed by atoms with Gasteiger partial charge in [-0.05, 0) is 54.8 Å².